The van der Waals surface area contributed by atoms with Gasteiger partial charge in [-0.3, -0.25) is 5.41 Å². The summed E-state index contributed by atoms with van der Waals surface area (Å²) in [5, 5.41) is 7.60. The minimum absolute atomic E-state index is 0.196. The average Bonchev–Trinajstić information content (AvgIpc) is 2.38. The van der Waals surface area contributed by atoms with Crippen LogP contribution in [0.5, 0.6) is 0 Å². The van der Waals surface area contributed by atoms with Gasteiger partial charge in [0, 0.05) is 5.56 Å². The first-order valence-corrected chi connectivity index (χ1v) is 5.92. The maximum atomic E-state index is 7.60. The molecule has 2 rings (SSSR count). The lowest BCUT2D eigenvalue weighted by Crippen LogP contribution is -2.00. The Bertz CT molecular complexity index is 570. The van der Waals surface area contributed by atoms with Gasteiger partial charge in [0.25, 0.3) is 0 Å². The van der Waals surface area contributed by atoms with Crippen LogP contribution in [0.4, 0.5) is 0 Å². The molecule has 2 aromatic rings. The molecule has 18 heavy (non-hydrogen) atoms. The number of methoxy groups -OCH3 is 1. The van der Waals surface area contributed by atoms with E-state index < -0.39 is 0 Å². The SMILES string of the molecule is COC(=N)c1ccc(-c2ccc(C)cc2C)cc1. The van der Waals surface area contributed by atoms with Gasteiger partial charge in [-0.25, -0.2) is 0 Å². The van der Waals surface area contributed by atoms with Gasteiger partial charge >= 0.3 is 0 Å². The first-order valence-electron chi connectivity index (χ1n) is 5.92. The van der Waals surface area contributed by atoms with Crippen LogP contribution in [0.25, 0.3) is 11.1 Å². The molecule has 0 aliphatic carbocycles. The van der Waals surface area contributed by atoms with Crippen LogP contribution in [0.2, 0.25) is 0 Å². The van der Waals surface area contributed by atoms with E-state index in [9.17, 15) is 0 Å². The summed E-state index contributed by atoms with van der Waals surface area (Å²) in [4.78, 5) is 0. The van der Waals surface area contributed by atoms with Crippen LogP contribution < -0.4 is 0 Å². The van der Waals surface area contributed by atoms with Crippen molar-refractivity contribution < 1.29 is 4.74 Å². The zero-order chi connectivity index (χ0) is 13.1. The summed E-state index contributed by atoms with van der Waals surface area (Å²) in [6.45, 7) is 4.22. The molecule has 92 valence electrons. The molecule has 0 saturated carbocycles. The second-order valence-corrected chi connectivity index (χ2v) is 4.43. The van der Waals surface area contributed by atoms with Gasteiger partial charge in [0.15, 0.2) is 0 Å². The Morgan fingerprint density at radius 2 is 1.67 bits per heavy atom. The molecule has 0 radical (unpaired) electrons. The van der Waals surface area contributed by atoms with Crippen LogP contribution in [-0.2, 0) is 4.74 Å². The Morgan fingerprint density at radius 1 is 1.00 bits per heavy atom. The topological polar surface area (TPSA) is 33.1 Å². The van der Waals surface area contributed by atoms with Crippen molar-refractivity contribution in [1.82, 2.24) is 0 Å². The zero-order valence-corrected chi connectivity index (χ0v) is 10.9. The van der Waals surface area contributed by atoms with Gasteiger partial charge in [0.2, 0.25) is 5.90 Å². The van der Waals surface area contributed by atoms with Gasteiger partial charge in [-0.05, 0) is 42.7 Å². The van der Waals surface area contributed by atoms with Gasteiger partial charge in [-0.1, -0.05) is 35.9 Å². The monoisotopic (exact) mass is 239 g/mol. The predicted molar refractivity (Wildman–Crippen MR) is 75.2 cm³/mol. The van der Waals surface area contributed by atoms with E-state index in [0.717, 1.165) is 5.56 Å². The Hall–Kier alpha value is -2.09. The molecule has 2 aromatic carbocycles. The summed E-state index contributed by atoms with van der Waals surface area (Å²) >= 11 is 0. The fraction of sp³-hybridized carbons (Fsp3) is 0.188. The second-order valence-electron chi connectivity index (χ2n) is 4.43. The summed E-state index contributed by atoms with van der Waals surface area (Å²) in [5.41, 5.74) is 5.74. The quantitative estimate of drug-likeness (QED) is 0.625. The van der Waals surface area contributed by atoms with Gasteiger partial charge in [-0.2, -0.15) is 0 Å². The standard InChI is InChI=1S/C16H17NO/c1-11-4-9-15(12(2)10-11)13-5-7-14(8-6-13)16(17)18-3/h4-10,17H,1-3H3. The first kappa shape index (κ1) is 12.4. The molecule has 0 atom stereocenters. The van der Waals surface area contributed by atoms with Crippen LogP contribution in [0.1, 0.15) is 16.7 Å². The summed E-state index contributed by atoms with van der Waals surface area (Å²) in [7, 11) is 1.51. The van der Waals surface area contributed by atoms with E-state index in [-0.39, 0.29) is 5.90 Å². The van der Waals surface area contributed by atoms with Crippen molar-refractivity contribution in [1.29, 1.82) is 5.41 Å². The third-order valence-electron chi connectivity index (χ3n) is 3.04. The van der Waals surface area contributed by atoms with E-state index in [0.29, 0.717) is 0 Å². The Balaban J connectivity index is 2.37. The molecule has 0 saturated heterocycles. The molecule has 0 aliphatic rings. The third-order valence-corrected chi connectivity index (χ3v) is 3.04. The summed E-state index contributed by atoms with van der Waals surface area (Å²) in [5.74, 6) is 0.196. The fourth-order valence-corrected chi connectivity index (χ4v) is 2.06. The number of nitrogens with one attached hydrogen (secondary N) is 1. The molecule has 0 bridgehead atoms. The normalized spacial score (nSPS) is 10.2. The lowest BCUT2D eigenvalue weighted by molar-refractivity contribution is 0.401. The Labute approximate surface area is 108 Å². The van der Waals surface area contributed by atoms with E-state index in [1.54, 1.807) is 0 Å². The van der Waals surface area contributed by atoms with Crippen molar-refractivity contribution in [3.8, 4) is 11.1 Å². The van der Waals surface area contributed by atoms with Crippen LogP contribution >= 0.6 is 0 Å². The van der Waals surface area contributed by atoms with Gasteiger partial charge in [0.05, 0.1) is 7.11 Å². The van der Waals surface area contributed by atoms with Gasteiger partial charge in [0.1, 0.15) is 0 Å². The largest absolute Gasteiger partial charge is 0.481 e. The van der Waals surface area contributed by atoms with E-state index in [2.05, 4.69) is 32.0 Å². The van der Waals surface area contributed by atoms with Crippen molar-refractivity contribution in [2.75, 3.05) is 7.11 Å². The fourth-order valence-electron chi connectivity index (χ4n) is 2.06. The molecular formula is C16H17NO. The lowest BCUT2D eigenvalue weighted by atomic mass is 9.98. The molecule has 1 N–H and O–H groups in total. The number of hydrogen-bond acceptors (Lipinski definition) is 2. The van der Waals surface area contributed by atoms with E-state index in [1.807, 2.05) is 24.3 Å². The highest BCUT2D eigenvalue weighted by molar-refractivity contribution is 5.92. The number of ether oxygens (including phenoxy) is 1. The van der Waals surface area contributed by atoms with Crippen molar-refractivity contribution in [3.63, 3.8) is 0 Å². The smallest absolute Gasteiger partial charge is 0.212 e. The molecule has 0 spiro atoms. The molecule has 0 amide bonds. The van der Waals surface area contributed by atoms with E-state index >= 15 is 0 Å². The molecular weight excluding hydrogens is 222 g/mol. The lowest BCUT2D eigenvalue weighted by Gasteiger charge is -2.08. The molecule has 2 nitrogen and oxygen atoms in total. The van der Waals surface area contributed by atoms with Crippen LogP contribution in [0, 0.1) is 19.3 Å². The number of rotatable bonds is 2. The number of hydrogen-bond donors (Lipinski definition) is 1. The number of aryl methyl sites for hydroxylation is 2. The van der Waals surface area contributed by atoms with Crippen molar-refractivity contribution in [3.05, 3.63) is 59.2 Å². The zero-order valence-electron chi connectivity index (χ0n) is 10.9. The minimum Gasteiger partial charge on any atom is -0.481 e. The summed E-state index contributed by atoms with van der Waals surface area (Å²) in [6.07, 6.45) is 0. The van der Waals surface area contributed by atoms with Gasteiger partial charge in [-0.15, -0.1) is 0 Å². The Kier molecular flexibility index (Phi) is 3.47. The van der Waals surface area contributed by atoms with Crippen LogP contribution in [-0.4, -0.2) is 13.0 Å². The van der Waals surface area contributed by atoms with Crippen molar-refractivity contribution >= 4 is 5.90 Å². The third kappa shape index (κ3) is 2.43. The summed E-state index contributed by atoms with van der Waals surface area (Å²) < 4.78 is 4.90. The highest BCUT2D eigenvalue weighted by Crippen LogP contribution is 2.24. The molecule has 0 aliphatic heterocycles. The van der Waals surface area contributed by atoms with Crippen molar-refractivity contribution in [2.45, 2.75) is 13.8 Å². The number of benzene rings is 2. The molecule has 2 heteroatoms. The molecule has 0 fully saturated rings. The first-order chi connectivity index (χ1) is 8.61. The molecule has 0 unspecified atom stereocenters. The Morgan fingerprint density at radius 3 is 2.22 bits per heavy atom. The summed E-state index contributed by atoms with van der Waals surface area (Å²) in [6, 6.07) is 14.3. The molecule has 0 aromatic heterocycles. The average molecular weight is 239 g/mol. The molecule has 0 heterocycles. The van der Waals surface area contributed by atoms with E-state index in [1.165, 1.54) is 29.4 Å². The second kappa shape index (κ2) is 5.05. The van der Waals surface area contributed by atoms with Crippen LogP contribution in [0.3, 0.4) is 0 Å². The maximum absolute atomic E-state index is 7.60. The van der Waals surface area contributed by atoms with E-state index in [4.69, 9.17) is 10.1 Å². The van der Waals surface area contributed by atoms with Crippen molar-refractivity contribution in [2.24, 2.45) is 0 Å². The maximum Gasteiger partial charge on any atom is 0.212 e. The minimum atomic E-state index is 0.196. The highest BCUT2D eigenvalue weighted by Gasteiger charge is 2.04. The predicted octanol–water partition coefficient (Wildman–Crippen LogP) is 3.94. The van der Waals surface area contributed by atoms with Crippen LogP contribution in [0.15, 0.2) is 42.5 Å². The highest BCUT2D eigenvalue weighted by atomic mass is 16.5. The van der Waals surface area contributed by atoms with Gasteiger partial charge < -0.3 is 4.74 Å².